The lowest BCUT2D eigenvalue weighted by molar-refractivity contribution is 0.0779. The van der Waals surface area contributed by atoms with Gasteiger partial charge in [0.25, 0.3) is 5.91 Å². The zero-order chi connectivity index (χ0) is 14.0. The molecule has 0 spiro atoms. The van der Waals surface area contributed by atoms with E-state index in [1.165, 1.54) is 0 Å². The van der Waals surface area contributed by atoms with Crippen molar-refractivity contribution in [3.05, 3.63) is 52.0 Å². The molecule has 1 aromatic heterocycles. The summed E-state index contributed by atoms with van der Waals surface area (Å²) in [5.41, 5.74) is 1.69. The van der Waals surface area contributed by atoms with E-state index in [0.29, 0.717) is 12.1 Å². The molecule has 4 nitrogen and oxygen atoms in total. The molecule has 0 aliphatic carbocycles. The standard InChI is InChI=1S/C14H16BrN3O/c1-10-4-5-11(15)8-12(10)14(19)18(3)9-13-16-6-7-17(13)2/h4-8H,9H2,1-3H3. The molecular weight excluding hydrogens is 306 g/mol. The molecule has 2 aromatic rings. The van der Waals surface area contributed by atoms with Crippen molar-refractivity contribution in [2.75, 3.05) is 7.05 Å². The number of halogens is 1. The van der Waals surface area contributed by atoms with Crippen molar-refractivity contribution in [1.29, 1.82) is 0 Å². The van der Waals surface area contributed by atoms with Crippen molar-refractivity contribution in [2.45, 2.75) is 13.5 Å². The lowest BCUT2D eigenvalue weighted by Gasteiger charge is -2.18. The first-order valence-electron chi connectivity index (χ1n) is 5.97. The summed E-state index contributed by atoms with van der Waals surface area (Å²) in [5, 5.41) is 0. The fraction of sp³-hybridized carbons (Fsp3) is 0.286. The average Bonchev–Trinajstić information content (AvgIpc) is 2.77. The molecule has 100 valence electrons. The zero-order valence-electron chi connectivity index (χ0n) is 11.2. The number of amides is 1. The fourth-order valence-corrected chi connectivity index (χ4v) is 2.22. The van der Waals surface area contributed by atoms with Gasteiger partial charge in [-0.2, -0.15) is 0 Å². The van der Waals surface area contributed by atoms with Gasteiger partial charge >= 0.3 is 0 Å². The van der Waals surface area contributed by atoms with Gasteiger partial charge in [-0.15, -0.1) is 0 Å². The van der Waals surface area contributed by atoms with Gasteiger partial charge in [-0.25, -0.2) is 4.98 Å². The summed E-state index contributed by atoms with van der Waals surface area (Å²) in [5.74, 6) is 0.866. The highest BCUT2D eigenvalue weighted by molar-refractivity contribution is 9.10. The summed E-state index contributed by atoms with van der Waals surface area (Å²) in [4.78, 5) is 18.3. The van der Waals surface area contributed by atoms with E-state index in [1.807, 2.05) is 42.9 Å². The van der Waals surface area contributed by atoms with Crippen molar-refractivity contribution in [2.24, 2.45) is 7.05 Å². The van der Waals surface area contributed by atoms with Gasteiger partial charge in [0.2, 0.25) is 0 Å². The minimum atomic E-state index is 0.00167. The maximum Gasteiger partial charge on any atom is 0.254 e. The Bertz CT molecular complexity index is 606. The summed E-state index contributed by atoms with van der Waals surface area (Å²) < 4.78 is 2.82. The minimum absolute atomic E-state index is 0.00167. The normalized spacial score (nSPS) is 10.5. The first kappa shape index (κ1) is 13.8. The Hall–Kier alpha value is -1.62. The topological polar surface area (TPSA) is 38.1 Å². The van der Waals surface area contributed by atoms with Crippen LogP contribution in [0.15, 0.2) is 35.1 Å². The SMILES string of the molecule is Cc1ccc(Br)cc1C(=O)N(C)Cc1nccn1C. The molecule has 1 heterocycles. The van der Waals surface area contributed by atoms with Crippen LogP contribution in [-0.2, 0) is 13.6 Å². The van der Waals surface area contributed by atoms with Crippen LogP contribution in [0, 0.1) is 6.92 Å². The smallest absolute Gasteiger partial charge is 0.254 e. The minimum Gasteiger partial charge on any atom is -0.337 e. The highest BCUT2D eigenvalue weighted by atomic mass is 79.9. The maximum atomic E-state index is 12.4. The van der Waals surface area contributed by atoms with Gasteiger partial charge in [0.05, 0.1) is 6.54 Å². The molecule has 5 heteroatoms. The first-order chi connectivity index (χ1) is 8.99. The Balaban J connectivity index is 2.19. The largest absolute Gasteiger partial charge is 0.337 e. The van der Waals surface area contributed by atoms with E-state index in [-0.39, 0.29) is 5.91 Å². The lowest BCUT2D eigenvalue weighted by Crippen LogP contribution is -2.28. The van der Waals surface area contributed by atoms with Crippen LogP contribution in [0.5, 0.6) is 0 Å². The Morgan fingerprint density at radius 3 is 2.84 bits per heavy atom. The number of carbonyl (C=O) groups excluding carboxylic acids is 1. The van der Waals surface area contributed by atoms with Crippen LogP contribution in [0.3, 0.4) is 0 Å². The van der Waals surface area contributed by atoms with E-state index in [1.54, 1.807) is 18.1 Å². The molecule has 0 aliphatic heterocycles. The third-order valence-corrected chi connectivity index (χ3v) is 3.57. The average molecular weight is 322 g/mol. The Kier molecular flexibility index (Phi) is 4.04. The van der Waals surface area contributed by atoms with Crippen molar-refractivity contribution < 1.29 is 4.79 Å². The molecule has 2 rings (SSSR count). The summed E-state index contributed by atoms with van der Waals surface area (Å²) >= 11 is 3.40. The van der Waals surface area contributed by atoms with E-state index >= 15 is 0 Å². The number of hydrogen-bond donors (Lipinski definition) is 0. The second-order valence-corrected chi connectivity index (χ2v) is 5.49. The third-order valence-electron chi connectivity index (χ3n) is 3.08. The summed E-state index contributed by atoms with van der Waals surface area (Å²) in [6.45, 7) is 2.43. The predicted octanol–water partition coefficient (Wildman–Crippen LogP) is 2.76. The van der Waals surface area contributed by atoms with Crippen molar-refractivity contribution >= 4 is 21.8 Å². The van der Waals surface area contributed by atoms with Crippen LogP contribution in [0.4, 0.5) is 0 Å². The molecular formula is C14H16BrN3O. The molecule has 0 N–H and O–H groups in total. The second-order valence-electron chi connectivity index (χ2n) is 4.57. The maximum absolute atomic E-state index is 12.4. The van der Waals surface area contributed by atoms with Crippen molar-refractivity contribution in [3.63, 3.8) is 0 Å². The van der Waals surface area contributed by atoms with Crippen LogP contribution in [0.1, 0.15) is 21.7 Å². The number of rotatable bonds is 3. The van der Waals surface area contributed by atoms with E-state index in [2.05, 4.69) is 20.9 Å². The molecule has 0 radical (unpaired) electrons. The number of aromatic nitrogens is 2. The van der Waals surface area contributed by atoms with Crippen LogP contribution < -0.4 is 0 Å². The Labute approximate surface area is 121 Å². The van der Waals surface area contributed by atoms with E-state index in [4.69, 9.17) is 0 Å². The predicted molar refractivity (Wildman–Crippen MR) is 77.9 cm³/mol. The van der Waals surface area contributed by atoms with Crippen LogP contribution in [0.25, 0.3) is 0 Å². The molecule has 0 saturated carbocycles. The highest BCUT2D eigenvalue weighted by Crippen LogP contribution is 2.18. The van der Waals surface area contributed by atoms with Crippen molar-refractivity contribution in [1.82, 2.24) is 14.5 Å². The molecule has 0 atom stereocenters. The number of aryl methyl sites for hydroxylation is 2. The van der Waals surface area contributed by atoms with Gasteiger partial charge in [0.1, 0.15) is 5.82 Å². The van der Waals surface area contributed by atoms with Gasteiger partial charge in [0.15, 0.2) is 0 Å². The Morgan fingerprint density at radius 1 is 1.47 bits per heavy atom. The molecule has 0 saturated heterocycles. The number of hydrogen-bond acceptors (Lipinski definition) is 2. The number of carbonyl (C=O) groups is 1. The first-order valence-corrected chi connectivity index (χ1v) is 6.76. The molecule has 0 aliphatic rings. The number of benzene rings is 1. The van der Waals surface area contributed by atoms with Gasteiger partial charge in [-0.05, 0) is 24.6 Å². The van der Waals surface area contributed by atoms with Crippen LogP contribution >= 0.6 is 15.9 Å². The quantitative estimate of drug-likeness (QED) is 0.871. The van der Waals surface area contributed by atoms with E-state index < -0.39 is 0 Å². The van der Waals surface area contributed by atoms with Crippen molar-refractivity contribution in [3.8, 4) is 0 Å². The summed E-state index contributed by atoms with van der Waals surface area (Å²) in [7, 11) is 3.71. The highest BCUT2D eigenvalue weighted by Gasteiger charge is 2.16. The molecule has 0 unspecified atom stereocenters. The molecule has 1 amide bonds. The van der Waals surface area contributed by atoms with Crippen LogP contribution in [-0.4, -0.2) is 27.4 Å². The molecule has 0 bridgehead atoms. The van der Waals surface area contributed by atoms with Gasteiger partial charge in [0, 0.05) is 36.5 Å². The second kappa shape index (κ2) is 5.57. The van der Waals surface area contributed by atoms with Gasteiger partial charge < -0.3 is 9.47 Å². The zero-order valence-corrected chi connectivity index (χ0v) is 12.8. The van der Waals surface area contributed by atoms with Gasteiger partial charge in [-0.3, -0.25) is 4.79 Å². The lowest BCUT2D eigenvalue weighted by atomic mass is 10.1. The molecule has 1 aromatic carbocycles. The van der Waals surface area contributed by atoms with Crippen LogP contribution in [0.2, 0.25) is 0 Å². The van der Waals surface area contributed by atoms with E-state index in [9.17, 15) is 4.79 Å². The monoisotopic (exact) mass is 321 g/mol. The summed E-state index contributed by atoms with van der Waals surface area (Å²) in [6, 6.07) is 5.73. The summed E-state index contributed by atoms with van der Waals surface area (Å²) in [6.07, 6.45) is 3.61. The fourth-order valence-electron chi connectivity index (χ4n) is 1.86. The van der Waals surface area contributed by atoms with E-state index in [0.717, 1.165) is 15.9 Å². The third kappa shape index (κ3) is 3.04. The van der Waals surface area contributed by atoms with Gasteiger partial charge in [-0.1, -0.05) is 22.0 Å². The Morgan fingerprint density at radius 2 is 2.21 bits per heavy atom. The molecule has 19 heavy (non-hydrogen) atoms. The number of imidazole rings is 1. The molecule has 0 fully saturated rings. The number of nitrogens with zero attached hydrogens (tertiary/aromatic N) is 3.